The Labute approximate surface area is 132 Å². The fourth-order valence-corrected chi connectivity index (χ4v) is 4.84. The van der Waals surface area contributed by atoms with Crippen molar-refractivity contribution in [3.05, 3.63) is 29.3 Å². The first-order chi connectivity index (χ1) is 10.3. The van der Waals surface area contributed by atoms with Crippen molar-refractivity contribution in [2.24, 2.45) is 0 Å². The van der Waals surface area contributed by atoms with Crippen LogP contribution in [0, 0.1) is 0 Å². The highest BCUT2D eigenvalue weighted by Crippen LogP contribution is 2.55. The van der Waals surface area contributed by atoms with Crippen LogP contribution in [-0.2, 0) is 21.4 Å². The van der Waals surface area contributed by atoms with Crippen molar-refractivity contribution in [3.63, 3.8) is 0 Å². The number of hydrogen-bond acceptors (Lipinski definition) is 4. The number of likely N-dealkylation sites (tertiary alicyclic amines) is 1. The first kappa shape index (κ1) is 15.3. The molecule has 1 N–H and O–H groups in total. The molecule has 1 aromatic carbocycles. The van der Waals surface area contributed by atoms with Crippen LogP contribution in [0.2, 0.25) is 0 Å². The van der Waals surface area contributed by atoms with E-state index in [1.165, 1.54) is 12.5 Å². The number of piperidine rings is 1. The molecule has 22 heavy (non-hydrogen) atoms. The van der Waals surface area contributed by atoms with E-state index in [0.29, 0.717) is 0 Å². The van der Waals surface area contributed by atoms with Crippen LogP contribution < -0.4 is 0 Å². The van der Waals surface area contributed by atoms with Crippen LogP contribution in [0.3, 0.4) is 0 Å². The standard InChI is InChI=1S/C18H25NO3/c1-5-18-8-9-19(4)16(17(18,3)22-12(2)20)10-13-6-7-14(21)11-15(13)18/h6-7,11,16,21H,5,8-10H2,1-4H3/t16?,17-,18+/m0/s1. The van der Waals surface area contributed by atoms with E-state index in [-0.39, 0.29) is 23.2 Å². The third-order valence-electron chi connectivity index (χ3n) is 5.99. The Kier molecular flexibility index (Phi) is 3.48. The summed E-state index contributed by atoms with van der Waals surface area (Å²) in [6.45, 7) is 6.70. The lowest BCUT2D eigenvalue weighted by atomic mass is 9.54. The number of rotatable bonds is 2. The van der Waals surface area contributed by atoms with Gasteiger partial charge in [0, 0.05) is 12.3 Å². The van der Waals surface area contributed by atoms with Crippen molar-refractivity contribution < 1.29 is 14.6 Å². The van der Waals surface area contributed by atoms with Crippen LogP contribution in [0.25, 0.3) is 0 Å². The molecule has 1 aromatic rings. The van der Waals surface area contributed by atoms with Gasteiger partial charge in [0.05, 0.1) is 6.04 Å². The van der Waals surface area contributed by atoms with Gasteiger partial charge in [-0.3, -0.25) is 9.69 Å². The van der Waals surface area contributed by atoms with Gasteiger partial charge >= 0.3 is 5.97 Å². The second-order valence-corrected chi connectivity index (χ2v) is 6.93. The zero-order chi connectivity index (χ0) is 16.1. The van der Waals surface area contributed by atoms with Gasteiger partial charge in [-0.15, -0.1) is 0 Å². The Morgan fingerprint density at radius 2 is 2.23 bits per heavy atom. The molecule has 0 aromatic heterocycles. The van der Waals surface area contributed by atoms with Gasteiger partial charge in [0.2, 0.25) is 0 Å². The summed E-state index contributed by atoms with van der Waals surface area (Å²) in [7, 11) is 2.11. The summed E-state index contributed by atoms with van der Waals surface area (Å²) >= 11 is 0. The molecular formula is C18H25NO3. The van der Waals surface area contributed by atoms with Gasteiger partial charge in [-0.1, -0.05) is 13.0 Å². The lowest BCUT2D eigenvalue weighted by molar-refractivity contribution is -0.188. The summed E-state index contributed by atoms with van der Waals surface area (Å²) < 4.78 is 5.94. The number of hydrogen-bond donors (Lipinski definition) is 1. The van der Waals surface area contributed by atoms with E-state index in [2.05, 4.69) is 25.8 Å². The summed E-state index contributed by atoms with van der Waals surface area (Å²) in [5, 5.41) is 9.98. The second kappa shape index (κ2) is 4.98. The largest absolute Gasteiger partial charge is 0.508 e. The molecule has 3 atom stereocenters. The predicted octanol–water partition coefficient (Wildman–Crippen LogP) is 2.62. The maximum absolute atomic E-state index is 11.8. The monoisotopic (exact) mass is 303 g/mol. The molecule has 0 spiro atoms. The van der Waals surface area contributed by atoms with Gasteiger partial charge in [0.15, 0.2) is 0 Å². The number of phenolic OH excluding ortho intramolecular Hbond substituents is 1. The molecule has 1 saturated heterocycles. The molecule has 0 saturated carbocycles. The lowest BCUT2D eigenvalue weighted by Crippen LogP contribution is -2.70. The molecule has 3 rings (SSSR count). The Bertz CT molecular complexity index is 614. The Morgan fingerprint density at radius 3 is 2.86 bits per heavy atom. The Balaban J connectivity index is 2.24. The van der Waals surface area contributed by atoms with E-state index in [9.17, 15) is 9.90 Å². The van der Waals surface area contributed by atoms with E-state index >= 15 is 0 Å². The van der Waals surface area contributed by atoms with Gasteiger partial charge in [0.25, 0.3) is 0 Å². The minimum atomic E-state index is -0.568. The average molecular weight is 303 g/mol. The van der Waals surface area contributed by atoms with Crippen LogP contribution >= 0.6 is 0 Å². The molecular weight excluding hydrogens is 278 g/mol. The van der Waals surface area contributed by atoms with E-state index < -0.39 is 5.60 Å². The van der Waals surface area contributed by atoms with Crippen molar-refractivity contribution >= 4 is 5.97 Å². The maximum Gasteiger partial charge on any atom is 0.303 e. The number of ether oxygens (including phenoxy) is 1. The van der Waals surface area contributed by atoms with Gasteiger partial charge in [-0.25, -0.2) is 0 Å². The number of aromatic hydroxyl groups is 1. The van der Waals surface area contributed by atoms with Crippen LogP contribution in [0.4, 0.5) is 0 Å². The second-order valence-electron chi connectivity index (χ2n) is 6.93. The third kappa shape index (κ3) is 1.89. The summed E-state index contributed by atoms with van der Waals surface area (Å²) in [6.07, 6.45) is 2.66. The highest BCUT2D eigenvalue weighted by Gasteiger charge is 2.61. The van der Waals surface area contributed by atoms with E-state index in [0.717, 1.165) is 31.4 Å². The van der Waals surface area contributed by atoms with Crippen LogP contribution in [0.5, 0.6) is 5.75 Å². The first-order valence-corrected chi connectivity index (χ1v) is 8.06. The van der Waals surface area contributed by atoms with Crippen molar-refractivity contribution in [3.8, 4) is 5.75 Å². The smallest absolute Gasteiger partial charge is 0.303 e. The molecule has 120 valence electrons. The number of esters is 1. The number of fused-ring (bicyclic) bond motifs is 4. The highest BCUT2D eigenvalue weighted by atomic mass is 16.6. The van der Waals surface area contributed by atoms with E-state index in [4.69, 9.17) is 4.74 Å². The number of benzene rings is 1. The van der Waals surface area contributed by atoms with Gasteiger partial charge in [0.1, 0.15) is 11.4 Å². The minimum Gasteiger partial charge on any atom is -0.508 e. The quantitative estimate of drug-likeness (QED) is 0.853. The molecule has 4 nitrogen and oxygen atoms in total. The fraction of sp³-hybridized carbons (Fsp3) is 0.611. The lowest BCUT2D eigenvalue weighted by Gasteiger charge is -2.61. The van der Waals surface area contributed by atoms with E-state index in [1.807, 2.05) is 12.1 Å². The molecule has 1 heterocycles. The zero-order valence-corrected chi connectivity index (χ0v) is 13.8. The fourth-order valence-electron chi connectivity index (χ4n) is 4.84. The number of likely N-dealkylation sites (N-methyl/N-ethyl adjacent to an activating group) is 1. The average Bonchev–Trinajstić information content (AvgIpc) is 2.43. The topological polar surface area (TPSA) is 49.8 Å². The summed E-state index contributed by atoms with van der Waals surface area (Å²) in [6, 6.07) is 5.82. The normalized spacial score (nSPS) is 34.1. The number of carbonyl (C=O) groups excluding carboxylic acids is 1. The van der Waals surface area contributed by atoms with Crippen molar-refractivity contribution in [2.45, 2.75) is 57.1 Å². The Morgan fingerprint density at radius 1 is 1.50 bits per heavy atom. The molecule has 1 aliphatic heterocycles. The predicted molar refractivity (Wildman–Crippen MR) is 85.0 cm³/mol. The SMILES string of the molecule is CC[C@@]12CCN(C)C(Cc3ccc(O)cc31)[C@]2(C)OC(C)=O. The third-order valence-corrected chi connectivity index (χ3v) is 5.99. The molecule has 1 aliphatic carbocycles. The summed E-state index contributed by atoms with van der Waals surface area (Å²) in [5.41, 5.74) is 1.62. The first-order valence-electron chi connectivity index (χ1n) is 8.06. The summed E-state index contributed by atoms with van der Waals surface area (Å²) in [4.78, 5) is 14.1. The molecule has 0 amide bonds. The van der Waals surface area contributed by atoms with Crippen LogP contribution in [0.1, 0.15) is 44.7 Å². The molecule has 1 unspecified atom stereocenters. The molecule has 1 fully saturated rings. The van der Waals surface area contributed by atoms with Crippen molar-refractivity contribution in [1.29, 1.82) is 0 Å². The van der Waals surface area contributed by atoms with Crippen LogP contribution in [-0.4, -0.2) is 41.2 Å². The van der Waals surface area contributed by atoms with Gasteiger partial charge in [-0.2, -0.15) is 0 Å². The van der Waals surface area contributed by atoms with E-state index in [1.54, 1.807) is 6.07 Å². The van der Waals surface area contributed by atoms with Crippen molar-refractivity contribution in [1.82, 2.24) is 4.90 Å². The maximum atomic E-state index is 11.8. The van der Waals surface area contributed by atoms with Crippen LogP contribution in [0.15, 0.2) is 18.2 Å². The summed E-state index contributed by atoms with van der Waals surface area (Å²) in [5.74, 6) is 0.0540. The minimum absolute atomic E-state index is 0.169. The molecule has 4 heteroatoms. The number of carbonyl (C=O) groups is 1. The Hall–Kier alpha value is -1.55. The molecule has 0 radical (unpaired) electrons. The number of phenols is 1. The molecule has 2 aliphatic rings. The highest BCUT2D eigenvalue weighted by molar-refractivity contribution is 5.67. The van der Waals surface area contributed by atoms with Gasteiger partial charge in [-0.05, 0) is 63.0 Å². The number of nitrogens with zero attached hydrogens (tertiary/aromatic N) is 1. The molecule has 2 bridgehead atoms. The van der Waals surface area contributed by atoms with Crippen molar-refractivity contribution in [2.75, 3.05) is 13.6 Å². The zero-order valence-electron chi connectivity index (χ0n) is 13.8. The van der Waals surface area contributed by atoms with Gasteiger partial charge < -0.3 is 9.84 Å².